The molecule has 1 saturated carbocycles. The maximum atomic E-state index is 11.1. The number of carbonyl (C=O) groups excluding carboxylic acids is 1. The van der Waals surface area contributed by atoms with Gasteiger partial charge < -0.3 is 16.4 Å². The second-order valence-electron chi connectivity index (χ2n) is 5.20. The number of hydrogen-bond acceptors (Lipinski definition) is 5. The summed E-state index contributed by atoms with van der Waals surface area (Å²) < 4.78 is 0. The van der Waals surface area contributed by atoms with Gasteiger partial charge in [0.1, 0.15) is 0 Å². The minimum absolute atomic E-state index is 0.175. The molecule has 3 rings (SSSR count). The molecular formula is C15H17N5O. The van der Waals surface area contributed by atoms with Crippen molar-refractivity contribution in [2.45, 2.75) is 25.4 Å². The molecule has 2 aromatic rings. The first kappa shape index (κ1) is 13.4. The molecule has 21 heavy (non-hydrogen) atoms. The number of aromatic nitrogens is 2. The zero-order chi connectivity index (χ0) is 14.8. The fourth-order valence-corrected chi connectivity index (χ4v) is 2.25. The number of primary amides is 1. The van der Waals surface area contributed by atoms with Gasteiger partial charge in [0.05, 0.1) is 0 Å². The Morgan fingerprint density at radius 3 is 2.52 bits per heavy atom. The van der Waals surface area contributed by atoms with Crippen LogP contribution in [0, 0.1) is 0 Å². The third kappa shape index (κ3) is 2.94. The van der Waals surface area contributed by atoms with Crippen LogP contribution < -0.4 is 16.4 Å². The molecule has 6 nitrogen and oxygen atoms in total. The molecule has 108 valence electrons. The number of rotatable bonds is 5. The molecule has 0 unspecified atom stereocenters. The SMILES string of the molecule is NC(=O)c1ccc(N(Cc2ccccc2N)C2CC2)nn1. The number of nitrogens with zero attached hydrogens (tertiary/aromatic N) is 3. The smallest absolute Gasteiger partial charge is 0.269 e. The number of benzene rings is 1. The molecule has 1 heterocycles. The van der Waals surface area contributed by atoms with Crippen LogP contribution in [-0.2, 0) is 6.54 Å². The molecular weight excluding hydrogens is 266 g/mol. The number of nitrogen functional groups attached to an aromatic ring is 1. The van der Waals surface area contributed by atoms with Crippen LogP contribution in [0.2, 0.25) is 0 Å². The average molecular weight is 283 g/mol. The van der Waals surface area contributed by atoms with Gasteiger partial charge in [-0.15, -0.1) is 10.2 Å². The van der Waals surface area contributed by atoms with Crippen LogP contribution in [0.1, 0.15) is 28.9 Å². The van der Waals surface area contributed by atoms with Crippen molar-refractivity contribution in [1.82, 2.24) is 10.2 Å². The van der Waals surface area contributed by atoms with Crippen molar-refractivity contribution < 1.29 is 4.79 Å². The average Bonchev–Trinajstić information content (AvgIpc) is 3.31. The van der Waals surface area contributed by atoms with Gasteiger partial charge in [-0.1, -0.05) is 18.2 Å². The number of hydrogen-bond donors (Lipinski definition) is 2. The summed E-state index contributed by atoms with van der Waals surface area (Å²) in [4.78, 5) is 13.2. The minimum Gasteiger partial charge on any atom is -0.398 e. The predicted octanol–water partition coefficient (Wildman–Crippen LogP) is 1.33. The highest BCUT2D eigenvalue weighted by Gasteiger charge is 2.30. The van der Waals surface area contributed by atoms with Gasteiger partial charge in [0.25, 0.3) is 5.91 Å². The van der Waals surface area contributed by atoms with Crippen molar-refractivity contribution >= 4 is 17.4 Å². The molecule has 0 radical (unpaired) electrons. The van der Waals surface area contributed by atoms with Gasteiger partial charge in [-0.2, -0.15) is 0 Å². The fourth-order valence-electron chi connectivity index (χ4n) is 2.25. The minimum atomic E-state index is -0.570. The molecule has 1 aromatic heterocycles. The van der Waals surface area contributed by atoms with Gasteiger partial charge in [-0.3, -0.25) is 4.79 Å². The molecule has 0 bridgehead atoms. The second kappa shape index (κ2) is 5.40. The molecule has 1 aliphatic rings. The van der Waals surface area contributed by atoms with Crippen LogP contribution in [0.3, 0.4) is 0 Å². The highest BCUT2D eigenvalue weighted by atomic mass is 16.1. The van der Waals surface area contributed by atoms with E-state index in [1.54, 1.807) is 12.1 Å². The third-order valence-corrected chi connectivity index (χ3v) is 3.58. The van der Waals surface area contributed by atoms with E-state index in [-0.39, 0.29) is 5.69 Å². The van der Waals surface area contributed by atoms with Crippen LogP contribution in [0.25, 0.3) is 0 Å². The maximum Gasteiger partial charge on any atom is 0.269 e. The van der Waals surface area contributed by atoms with E-state index < -0.39 is 5.91 Å². The van der Waals surface area contributed by atoms with E-state index in [4.69, 9.17) is 11.5 Å². The fraction of sp³-hybridized carbons (Fsp3) is 0.267. The summed E-state index contributed by atoms with van der Waals surface area (Å²) in [6.45, 7) is 0.682. The first-order chi connectivity index (χ1) is 10.1. The lowest BCUT2D eigenvalue weighted by molar-refractivity contribution is 0.0994. The number of para-hydroxylation sites is 1. The maximum absolute atomic E-state index is 11.1. The number of carbonyl (C=O) groups is 1. The van der Waals surface area contributed by atoms with Crippen molar-refractivity contribution in [2.75, 3.05) is 10.6 Å². The molecule has 0 aliphatic heterocycles. The lowest BCUT2D eigenvalue weighted by Gasteiger charge is -2.23. The molecule has 1 aromatic carbocycles. The van der Waals surface area contributed by atoms with Crippen LogP contribution in [0.15, 0.2) is 36.4 Å². The Bertz CT molecular complexity index is 651. The molecule has 0 atom stereocenters. The highest BCUT2D eigenvalue weighted by molar-refractivity contribution is 5.90. The van der Waals surface area contributed by atoms with E-state index in [2.05, 4.69) is 15.1 Å². The summed E-state index contributed by atoms with van der Waals surface area (Å²) in [5.41, 5.74) is 13.2. The van der Waals surface area contributed by atoms with Gasteiger partial charge in [0.2, 0.25) is 0 Å². The quantitative estimate of drug-likeness (QED) is 0.807. The van der Waals surface area contributed by atoms with Crippen molar-refractivity contribution in [3.8, 4) is 0 Å². The summed E-state index contributed by atoms with van der Waals surface area (Å²) in [5, 5.41) is 8.00. The number of anilines is 2. The molecule has 1 fully saturated rings. The first-order valence-corrected chi connectivity index (χ1v) is 6.88. The summed E-state index contributed by atoms with van der Waals surface area (Å²) in [6, 6.07) is 11.6. The van der Waals surface area contributed by atoms with E-state index in [0.717, 1.165) is 29.9 Å². The first-order valence-electron chi connectivity index (χ1n) is 6.88. The summed E-state index contributed by atoms with van der Waals surface area (Å²) in [6.07, 6.45) is 2.26. The molecule has 6 heteroatoms. The molecule has 1 aliphatic carbocycles. The van der Waals surface area contributed by atoms with Crippen molar-refractivity contribution in [3.05, 3.63) is 47.7 Å². The lowest BCUT2D eigenvalue weighted by Crippen LogP contribution is -2.27. The summed E-state index contributed by atoms with van der Waals surface area (Å²) in [7, 11) is 0. The lowest BCUT2D eigenvalue weighted by atomic mass is 10.1. The van der Waals surface area contributed by atoms with E-state index in [1.165, 1.54) is 0 Å². The van der Waals surface area contributed by atoms with E-state index >= 15 is 0 Å². The van der Waals surface area contributed by atoms with Gasteiger partial charge in [-0.05, 0) is 36.6 Å². The van der Waals surface area contributed by atoms with Crippen LogP contribution in [0.4, 0.5) is 11.5 Å². The van der Waals surface area contributed by atoms with Crippen LogP contribution in [0.5, 0.6) is 0 Å². The van der Waals surface area contributed by atoms with Gasteiger partial charge in [-0.25, -0.2) is 0 Å². The zero-order valence-electron chi connectivity index (χ0n) is 11.6. The van der Waals surface area contributed by atoms with E-state index in [9.17, 15) is 4.79 Å². The van der Waals surface area contributed by atoms with Gasteiger partial charge in [0.15, 0.2) is 11.5 Å². The Morgan fingerprint density at radius 2 is 1.95 bits per heavy atom. The van der Waals surface area contributed by atoms with Gasteiger partial charge in [0, 0.05) is 18.3 Å². The van der Waals surface area contributed by atoms with E-state index in [1.807, 2.05) is 24.3 Å². The summed E-state index contributed by atoms with van der Waals surface area (Å²) >= 11 is 0. The van der Waals surface area contributed by atoms with Crippen molar-refractivity contribution in [3.63, 3.8) is 0 Å². The van der Waals surface area contributed by atoms with Crippen molar-refractivity contribution in [2.24, 2.45) is 5.73 Å². The number of nitrogens with two attached hydrogens (primary N) is 2. The van der Waals surface area contributed by atoms with Crippen LogP contribution >= 0.6 is 0 Å². The Labute approximate surface area is 122 Å². The second-order valence-corrected chi connectivity index (χ2v) is 5.20. The van der Waals surface area contributed by atoms with Gasteiger partial charge >= 0.3 is 0 Å². The van der Waals surface area contributed by atoms with E-state index in [0.29, 0.717) is 12.6 Å². The topological polar surface area (TPSA) is 98.1 Å². The third-order valence-electron chi connectivity index (χ3n) is 3.58. The molecule has 1 amide bonds. The van der Waals surface area contributed by atoms with Crippen LogP contribution in [-0.4, -0.2) is 22.1 Å². The largest absolute Gasteiger partial charge is 0.398 e. The Morgan fingerprint density at radius 1 is 1.19 bits per heavy atom. The summed E-state index contributed by atoms with van der Waals surface area (Å²) in [5.74, 6) is 0.171. The Hall–Kier alpha value is -2.63. The standard InChI is InChI=1S/C15H17N5O/c16-12-4-2-1-3-10(12)9-20(11-5-6-11)14-8-7-13(15(17)21)18-19-14/h1-4,7-8,11H,5-6,9,16H2,(H2,17,21). The molecule has 0 spiro atoms. The molecule has 4 N–H and O–H groups in total. The number of amides is 1. The Kier molecular flexibility index (Phi) is 3.43. The monoisotopic (exact) mass is 283 g/mol. The molecule has 0 saturated heterocycles. The Balaban J connectivity index is 1.85. The highest BCUT2D eigenvalue weighted by Crippen LogP contribution is 2.32. The van der Waals surface area contributed by atoms with Crippen molar-refractivity contribution in [1.29, 1.82) is 0 Å². The zero-order valence-corrected chi connectivity index (χ0v) is 11.6. The normalized spacial score (nSPS) is 13.9. The predicted molar refractivity (Wildman–Crippen MR) is 80.6 cm³/mol.